The zero-order valence-electron chi connectivity index (χ0n) is 16.5. The van der Waals surface area contributed by atoms with Crippen LogP contribution in [0.1, 0.15) is 23.4 Å². The van der Waals surface area contributed by atoms with Crippen molar-refractivity contribution >= 4 is 40.4 Å². The molecule has 1 aliphatic heterocycles. The summed E-state index contributed by atoms with van der Waals surface area (Å²) < 4.78 is 5.42. The first-order valence-electron chi connectivity index (χ1n) is 9.24. The number of hydrogen-bond acceptors (Lipinski definition) is 6. The summed E-state index contributed by atoms with van der Waals surface area (Å²) in [5.74, 6) is -1.04. The molecule has 0 bridgehead atoms. The van der Waals surface area contributed by atoms with E-state index in [1.54, 1.807) is 18.2 Å². The molecule has 1 aromatic heterocycles. The van der Waals surface area contributed by atoms with Crippen molar-refractivity contribution in [2.45, 2.75) is 13.0 Å². The maximum Gasteiger partial charge on any atom is 0.295 e. The van der Waals surface area contributed by atoms with Crippen LogP contribution in [0.15, 0.2) is 41.3 Å². The molecule has 1 saturated heterocycles. The minimum atomic E-state index is -0.690. The van der Waals surface area contributed by atoms with Gasteiger partial charge in [-0.3, -0.25) is 9.59 Å². The molecule has 8 heteroatoms. The number of ether oxygens (including phenoxy) is 1. The molecule has 3 rings (SSSR count). The quantitative estimate of drug-likeness (QED) is 0.408. The minimum absolute atomic E-state index is 0.0800. The topological polar surface area (TPSA) is 70.1 Å². The summed E-state index contributed by atoms with van der Waals surface area (Å²) in [6.07, 6.45) is 0. The molecule has 1 N–H and O–H groups in total. The van der Waals surface area contributed by atoms with Gasteiger partial charge in [0.15, 0.2) is 0 Å². The van der Waals surface area contributed by atoms with E-state index in [1.165, 1.54) is 16.2 Å². The smallest absolute Gasteiger partial charge is 0.295 e. The van der Waals surface area contributed by atoms with Crippen molar-refractivity contribution in [1.29, 1.82) is 0 Å². The van der Waals surface area contributed by atoms with Gasteiger partial charge in [-0.05, 0) is 50.7 Å². The molecule has 1 amide bonds. The summed E-state index contributed by atoms with van der Waals surface area (Å²) in [5.41, 5.74) is 0.446. The van der Waals surface area contributed by atoms with Crippen molar-refractivity contribution in [3.05, 3.63) is 56.7 Å². The molecule has 154 valence electrons. The van der Waals surface area contributed by atoms with Crippen LogP contribution in [0.4, 0.5) is 0 Å². The van der Waals surface area contributed by atoms with Crippen LogP contribution in [0.3, 0.4) is 0 Å². The third-order valence-electron chi connectivity index (χ3n) is 4.65. The Labute approximate surface area is 179 Å². The Morgan fingerprint density at radius 1 is 1.31 bits per heavy atom. The second-order valence-electron chi connectivity index (χ2n) is 6.89. The summed E-state index contributed by atoms with van der Waals surface area (Å²) >= 11 is 7.69. The number of rotatable bonds is 7. The Hall–Kier alpha value is -2.35. The summed E-state index contributed by atoms with van der Waals surface area (Å²) in [4.78, 5) is 29.9. The first-order chi connectivity index (χ1) is 13.8. The zero-order valence-corrected chi connectivity index (χ0v) is 18.1. The lowest BCUT2D eigenvalue weighted by molar-refractivity contribution is -0.140. The van der Waals surface area contributed by atoms with Gasteiger partial charge < -0.3 is 19.6 Å². The van der Waals surface area contributed by atoms with Gasteiger partial charge in [0.05, 0.1) is 23.2 Å². The number of likely N-dealkylation sites (tertiary alicyclic amines) is 1. The van der Waals surface area contributed by atoms with Crippen molar-refractivity contribution in [1.82, 2.24) is 9.80 Å². The summed E-state index contributed by atoms with van der Waals surface area (Å²) in [5, 5.41) is 13.2. The molecule has 6 nitrogen and oxygen atoms in total. The predicted octanol–water partition coefficient (Wildman–Crippen LogP) is 3.78. The molecular weight excluding hydrogens is 412 g/mol. The fourth-order valence-corrected chi connectivity index (χ4v) is 4.32. The molecule has 0 saturated carbocycles. The van der Waals surface area contributed by atoms with E-state index in [0.717, 1.165) is 4.88 Å². The molecule has 1 aliphatic rings. The van der Waals surface area contributed by atoms with Crippen LogP contribution >= 0.6 is 22.9 Å². The first kappa shape index (κ1) is 21.4. The van der Waals surface area contributed by atoms with E-state index in [1.807, 2.05) is 43.4 Å². The molecule has 0 spiro atoms. The average Bonchev–Trinajstić information content (AvgIpc) is 3.29. The lowest BCUT2D eigenvalue weighted by atomic mass is 10.00. The third-order valence-corrected chi connectivity index (χ3v) is 5.87. The van der Waals surface area contributed by atoms with Gasteiger partial charge in [-0.25, -0.2) is 0 Å². The van der Waals surface area contributed by atoms with Crippen LogP contribution in [-0.2, 0) is 9.59 Å². The normalized spacial score (nSPS) is 18.7. The number of aliphatic hydroxyl groups excluding tert-OH is 1. The van der Waals surface area contributed by atoms with Gasteiger partial charge >= 0.3 is 0 Å². The number of amides is 1. The van der Waals surface area contributed by atoms with Crippen molar-refractivity contribution < 1.29 is 19.4 Å². The Morgan fingerprint density at radius 3 is 2.66 bits per heavy atom. The van der Waals surface area contributed by atoms with Gasteiger partial charge in [0.25, 0.3) is 11.7 Å². The number of ketones is 1. The molecular formula is C21H23ClN2O4S. The Kier molecular flexibility index (Phi) is 6.62. The van der Waals surface area contributed by atoms with Crippen molar-refractivity contribution in [2.24, 2.45) is 0 Å². The van der Waals surface area contributed by atoms with Crippen LogP contribution in [0.5, 0.6) is 5.75 Å². The van der Waals surface area contributed by atoms with E-state index in [-0.39, 0.29) is 11.3 Å². The lowest BCUT2D eigenvalue weighted by Crippen LogP contribution is -2.35. The van der Waals surface area contributed by atoms with Gasteiger partial charge in [0.2, 0.25) is 0 Å². The largest absolute Gasteiger partial charge is 0.507 e. The van der Waals surface area contributed by atoms with Crippen molar-refractivity contribution in [3.8, 4) is 5.75 Å². The van der Waals surface area contributed by atoms with Crippen LogP contribution in [0, 0.1) is 0 Å². The molecule has 2 aromatic rings. The number of carbonyl (C=O) groups excluding carboxylic acids is 2. The van der Waals surface area contributed by atoms with E-state index in [4.69, 9.17) is 16.3 Å². The molecule has 1 fully saturated rings. The standard InChI is InChI=1S/C21H23ClN2O4S/c1-4-28-15-8-7-13(12-14(15)22)19(25)17-18(16-6-5-11-29-16)24(10-9-23(2)3)21(27)20(17)26/h5-8,11-12,18,25H,4,9-10H2,1-3H3/t18-/m0/s1. The maximum atomic E-state index is 12.9. The average molecular weight is 435 g/mol. The molecule has 29 heavy (non-hydrogen) atoms. The van der Waals surface area contributed by atoms with Crippen molar-refractivity contribution in [2.75, 3.05) is 33.8 Å². The molecule has 0 unspecified atom stereocenters. The summed E-state index contributed by atoms with van der Waals surface area (Å²) in [6.45, 7) is 3.28. The predicted molar refractivity (Wildman–Crippen MR) is 115 cm³/mol. The number of nitrogens with zero attached hydrogens (tertiary/aromatic N) is 2. The van der Waals surface area contributed by atoms with E-state index in [9.17, 15) is 14.7 Å². The Morgan fingerprint density at radius 2 is 2.07 bits per heavy atom. The Balaban J connectivity index is 2.08. The lowest BCUT2D eigenvalue weighted by Gasteiger charge is -2.25. The van der Waals surface area contributed by atoms with E-state index in [0.29, 0.717) is 36.0 Å². The molecule has 0 radical (unpaired) electrons. The highest BCUT2D eigenvalue weighted by molar-refractivity contribution is 7.10. The third kappa shape index (κ3) is 4.32. The van der Waals surface area contributed by atoms with E-state index in [2.05, 4.69) is 0 Å². The van der Waals surface area contributed by atoms with Gasteiger partial charge in [-0.1, -0.05) is 17.7 Å². The van der Waals surface area contributed by atoms with E-state index >= 15 is 0 Å². The number of likely N-dealkylation sites (N-methyl/N-ethyl adjacent to an activating group) is 1. The van der Waals surface area contributed by atoms with Gasteiger partial charge in [0, 0.05) is 23.5 Å². The zero-order chi connectivity index (χ0) is 21.1. The van der Waals surface area contributed by atoms with Gasteiger partial charge in [-0.2, -0.15) is 0 Å². The fraction of sp³-hybridized carbons (Fsp3) is 0.333. The minimum Gasteiger partial charge on any atom is -0.507 e. The number of aliphatic hydroxyl groups is 1. The van der Waals surface area contributed by atoms with E-state index < -0.39 is 17.7 Å². The molecule has 0 aliphatic carbocycles. The summed E-state index contributed by atoms with van der Waals surface area (Å²) in [6, 6.07) is 7.91. The molecule has 1 atom stereocenters. The number of thiophene rings is 1. The second kappa shape index (κ2) is 8.98. The van der Waals surface area contributed by atoms with Gasteiger partial charge in [0.1, 0.15) is 11.5 Å². The fourth-order valence-electron chi connectivity index (χ4n) is 3.24. The Bertz CT molecular complexity index is 940. The first-order valence-corrected chi connectivity index (χ1v) is 10.5. The van der Waals surface area contributed by atoms with Crippen LogP contribution in [-0.4, -0.2) is 60.4 Å². The van der Waals surface area contributed by atoms with Gasteiger partial charge in [-0.15, -0.1) is 11.3 Å². The molecule has 1 aromatic carbocycles. The van der Waals surface area contributed by atoms with Crippen molar-refractivity contribution in [3.63, 3.8) is 0 Å². The van der Waals surface area contributed by atoms with Crippen LogP contribution in [0.25, 0.3) is 5.76 Å². The highest BCUT2D eigenvalue weighted by atomic mass is 35.5. The second-order valence-corrected chi connectivity index (χ2v) is 8.28. The van der Waals surface area contributed by atoms with Crippen LogP contribution in [0.2, 0.25) is 5.02 Å². The number of hydrogen-bond donors (Lipinski definition) is 1. The highest BCUT2D eigenvalue weighted by Crippen LogP contribution is 2.41. The highest BCUT2D eigenvalue weighted by Gasteiger charge is 2.46. The monoisotopic (exact) mass is 434 g/mol. The number of halogens is 1. The number of benzene rings is 1. The number of carbonyl (C=O) groups is 2. The SMILES string of the molecule is CCOc1ccc(C(O)=C2C(=O)C(=O)N(CCN(C)C)[C@H]2c2cccs2)cc1Cl. The van der Waals surface area contributed by atoms with Crippen LogP contribution < -0.4 is 4.74 Å². The maximum absolute atomic E-state index is 12.9. The molecule has 2 heterocycles. The summed E-state index contributed by atoms with van der Waals surface area (Å²) in [7, 11) is 3.80. The number of Topliss-reactive ketones (excluding diaryl/α,β-unsaturated/α-hetero) is 1.